The van der Waals surface area contributed by atoms with Crippen molar-refractivity contribution in [1.82, 2.24) is 4.90 Å². The maximum Gasteiger partial charge on any atom is 0.122 e. The van der Waals surface area contributed by atoms with Crippen LogP contribution in [0, 0.1) is 0 Å². The molecule has 0 spiro atoms. The van der Waals surface area contributed by atoms with Gasteiger partial charge in [0.25, 0.3) is 0 Å². The first-order valence-corrected chi connectivity index (χ1v) is 5.39. The van der Waals surface area contributed by atoms with Gasteiger partial charge in [0, 0.05) is 6.54 Å². The third-order valence-corrected chi connectivity index (χ3v) is 2.93. The van der Waals surface area contributed by atoms with Crippen molar-refractivity contribution in [3.05, 3.63) is 24.2 Å². The average Bonchev–Trinajstić information content (AvgIpc) is 2.74. The van der Waals surface area contributed by atoms with Gasteiger partial charge in [-0.2, -0.15) is 0 Å². The summed E-state index contributed by atoms with van der Waals surface area (Å²) in [6.07, 6.45) is 5.66. The molecule has 1 aliphatic rings. The summed E-state index contributed by atoms with van der Waals surface area (Å²) in [7, 11) is 0. The molecular weight excluding hydrogens is 176 g/mol. The van der Waals surface area contributed by atoms with E-state index in [1.807, 2.05) is 12.1 Å². The highest BCUT2D eigenvalue weighted by Gasteiger charge is 2.22. The summed E-state index contributed by atoms with van der Waals surface area (Å²) in [5, 5.41) is 0. The number of rotatable bonds is 3. The van der Waals surface area contributed by atoms with Crippen LogP contribution in [0.15, 0.2) is 22.8 Å². The summed E-state index contributed by atoms with van der Waals surface area (Å²) in [6.45, 7) is 2.96. The van der Waals surface area contributed by atoms with Crippen molar-refractivity contribution < 1.29 is 4.42 Å². The second-order valence-electron chi connectivity index (χ2n) is 3.86. The van der Waals surface area contributed by atoms with Gasteiger partial charge in [0.2, 0.25) is 0 Å². The number of nitrogens with two attached hydrogens (primary N) is 1. The van der Waals surface area contributed by atoms with Crippen LogP contribution >= 0.6 is 0 Å². The van der Waals surface area contributed by atoms with Crippen molar-refractivity contribution in [3.8, 4) is 0 Å². The van der Waals surface area contributed by atoms with Gasteiger partial charge in [0.15, 0.2) is 0 Å². The highest BCUT2D eigenvalue weighted by molar-refractivity contribution is 5.05. The first-order valence-electron chi connectivity index (χ1n) is 5.39. The second kappa shape index (κ2) is 4.62. The smallest absolute Gasteiger partial charge is 0.122 e. The number of hydrogen-bond donors (Lipinski definition) is 1. The molecule has 2 heterocycles. The largest absolute Gasteiger partial charge is 0.468 e. The molecule has 1 aromatic rings. The van der Waals surface area contributed by atoms with Gasteiger partial charge < -0.3 is 10.2 Å². The Kier molecular flexibility index (Phi) is 3.22. The summed E-state index contributed by atoms with van der Waals surface area (Å²) < 4.78 is 5.42. The van der Waals surface area contributed by atoms with Crippen LogP contribution in [0.4, 0.5) is 0 Å². The normalized spacial score (nSPS) is 20.9. The zero-order valence-electron chi connectivity index (χ0n) is 8.48. The molecule has 1 saturated heterocycles. The van der Waals surface area contributed by atoms with E-state index in [-0.39, 0.29) is 6.04 Å². The van der Waals surface area contributed by atoms with Crippen LogP contribution in [-0.4, -0.2) is 24.5 Å². The van der Waals surface area contributed by atoms with Crippen LogP contribution in [-0.2, 0) is 0 Å². The van der Waals surface area contributed by atoms with Crippen molar-refractivity contribution in [2.45, 2.75) is 25.3 Å². The van der Waals surface area contributed by atoms with Gasteiger partial charge >= 0.3 is 0 Å². The van der Waals surface area contributed by atoms with E-state index in [9.17, 15) is 0 Å². The number of nitrogens with zero attached hydrogens (tertiary/aromatic N) is 1. The predicted octanol–water partition coefficient (Wildman–Crippen LogP) is 1.77. The minimum Gasteiger partial charge on any atom is -0.468 e. The first-order chi connectivity index (χ1) is 6.92. The van der Waals surface area contributed by atoms with E-state index in [2.05, 4.69) is 4.90 Å². The SMILES string of the molecule is NC[C@@H](c1ccco1)N1CCCCC1. The van der Waals surface area contributed by atoms with E-state index in [4.69, 9.17) is 10.2 Å². The molecule has 0 unspecified atom stereocenters. The highest BCUT2D eigenvalue weighted by Crippen LogP contribution is 2.23. The van der Waals surface area contributed by atoms with Gasteiger partial charge in [-0.1, -0.05) is 6.42 Å². The topological polar surface area (TPSA) is 42.4 Å². The Hall–Kier alpha value is -0.800. The van der Waals surface area contributed by atoms with E-state index < -0.39 is 0 Å². The maximum atomic E-state index is 5.79. The second-order valence-corrected chi connectivity index (χ2v) is 3.86. The molecule has 78 valence electrons. The molecule has 0 bridgehead atoms. The van der Waals surface area contributed by atoms with Gasteiger partial charge in [0.1, 0.15) is 5.76 Å². The van der Waals surface area contributed by atoms with Crippen LogP contribution in [0.5, 0.6) is 0 Å². The zero-order valence-corrected chi connectivity index (χ0v) is 8.48. The minimum absolute atomic E-state index is 0.283. The van der Waals surface area contributed by atoms with Crippen molar-refractivity contribution in [2.24, 2.45) is 5.73 Å². The number of piperidine rings is 1. The van der Waals surface area contributed by atoms with E-state index >= 15 is 0 Å². The van der Waals surface area contributed by atoms with Gasteiger partial charge in [-0.25, -0.2) is 0 Å². The molecule has 0 saturated carbocycles. The lowest BCUT2D eigenvalue weighted by molar-refractivity contribution is 0.150. The van der Waals surface area contributed by atoms with E-state index in [0.29, 0.717) is 6.54 Å². The molecule has 2 N–H and O–H groups in total. The molecule has 14 heavy (non-hydrogen) atoms. The molecular formula is C11H18N2O. The number of furan rings is 1. The molecule has 1 fully saturated rings. The van der Waals surface area contributed by atoms with Crippen molar-refractivity contribution in [2.75, 3.05) is 19.6 Å². The molecule has 0 aromatic carbocycles. The lowest BCUT2D eigenvalue weighted by Crippen LogP contribution is -2.37. The van der Waals surface area contributed by atoms with Crippen LogP contribution in [0.3, 0.4) is 0 Å². The monoisotopic (exact) mass is 194 g/mol. The van der Waals surface area contributed by atoms with Crippen LogP contribution in [0.2, 0.25) is 0 Å². The third kappa shape index (κ3) is 1.99. The van der Waals surface area contributed by atoms with Gasteiger partial charge in [-0.05, 0) is 38.1 Å². The molecule has 1 aromatic heterocycles. The molecule has 0 aliphatic carbocycles. The van der Waals surface area contributed by atoms with Crippen molar-refractivity contribution in [1.29, 1.82) is 0 Å². The standard InChI is InChI=1S/C11H18N2O/c12-9-10(11-5-4-8-14-11)13-6-2-1-3-7-13/h4-5,8,10H,1-3,6-7,9,12H2/t10-/m0/s1. The summed E-state index contributed by atoms with van der Waals surface area (Å²) in [5.74, 6) is 1.01. The Morgan fingerprint density at radius 1 is 1.36 bits per heavy atom. The Bertz CT molecular complexity index is 252. The Balaban J connectivity index is 2.04. The predicted molar refractivity (Wildman–Crippen MR) is 55.9 cm³/mol. The van der Waals surface area contributed by atoms with Crippen LogP contribution in [0.1, 0.15) is 31.1 Å². The Morgan fingerprint density at radius 2 is 2.14 bits per heavy atom. The lowest BCUT2D eigenvalue weighted by atomic mass is 10.1. The number of likely N-dealkylation sites (tertiary alicyclic amines) is 1. The molecule has 3 nitrogen and oxygen atoms in total. The first kappa shape index (κ1) is 9.74. The molecule has 1 aliphatic heterocycles. The van der Waals surface area contributed by atoms with Gasteiger partial charge in [0.05, 0.1) is 12.3 Å². The van der Waals surface area contributed by atoms with E-state index in [1.54, 1.807) is 6.26 Å². The van der Waals surface area contributed by atoms with Crippen molar-refractivity contribution in [3.63, 3.8) is 0 Å². The minimum atomic E-state index is 0.283. The van der Waals surface area contributed by atoms with E-state index in [1.165, 1.54) is 19.3 Å². The third-order valence-electron chi connectivity index (χ3n) is 2.93. The lowest BCUT2D eigenvalue weighted by Gasteiger charge is -2.32. The summed E-state index contributed by atoms with van der Waals surface area (Å²) >= 11 is 0. The highest BCUT2D eigenvalue weighted by atomic mass is 16.3. The molecule has 3 heteroatoms. The molecule has 2 rings (SSSR count). The summed E-state index contributed by atoms with van der Waals surface area (Å²) in [4.78, 5) is 2.43. The van der Waals surface area contributed by atoms with Gasteiger partial charge in [-0.15, -0.1) is 0 Å². The average molecular weight is 194 g/mol. The van der Waals surface area contributed by atoms with E-state index in [0.717, 1.165) is 18.8 Å². The zero-order chi connectivity index (χ0) is 9.80. The fraction of sp³-hybridized carbons (Fsp3) is 0.636. The fourth-order valence-electron chi connectivity index (χ4n) is 2.16. The van der Waals surface area contributed by atoms with Crippen molar-refractivity contribution >= 4 is 0 Å². The molecule has 0 radical (unpaired) electrons. The maximum absolute atomic E-state index is 5.79. The number of hydrogen-bond acceptors (Lipinski definition) is 3. The molecule has 1 atom stereocenters. The fourth-order valence-corrected chi connectivity index (χ4v) is 2.16. The quantitative estimate of drug-likeness (QED) is 0.797. The Labute approximate surface area is 84.9 Å². The summed E-state index contributed by atoms with van der Waals surface area (Å²) in [6, 6.07) is 4.24. The molecule has 0 amide bonds. The van der Waals surface area contributed by atoms with Gasteiger partial charge in [-0.3, -0.25) is 4.90 Å². The summed E-state index contributed by atoms with van der Waals surface area (Å²) in [5.41, 5.74) is 5.79. The Morgan fingerprint density at radius 3 is 2.71 bits per heavy atom. The van der Waals surface area contributed by atoms with Crippen LogP contribution < -0.4 is 5.73 Å². The van der Waals surface area contributed by atoms with Crippen LogP contribution in [0.25, 0.3) is 0 Å².